The second-order valence-electron chi connectivity index (χ2n) is 4.86. The van der Waals surface area contributed by atoms with Crippen LogP contribution in [0.3, 0.4) is 0 Å². The maximum atomic E-state index is 11.6. The van der Waals surface area contributed by atoms with Crippen molar-refractivity contribution in [3.63, 3.8) is 0 Å². The average Bonchev–Trinajstić information content (AvgIpc) is 2.38. The number of halogens is 1. The van der Waals surface area contributed by atoms with E-state index in [9.17, 15) is 4.79 Å². The minimum atomic E-state index is -0.113. The van der Waals surface area contributed by atoms with E-state index in [4.69, 9.17) is 16.3 Å². The van der Waals surface area contributed by atoms with E-state index in [-0.39, 0.29) is 11.7 Å². The molecule has 0 saturated carbocycles. The summed E-state index contributed by atoms with van der Waals surface area (Å²) in [7, 11) is 0. The third-order valence-corrected chi connectivity index (χ3v) is 3.64. The first-order valence-electron chi connectivity index (χ1n) is 6.25. The molecule has 0 bridgehead atoms. The quantitative estimate of drug-likeness (QED) is 0.802. The summed E-state index contributed by atoms with van der Waals surface area (Å²) in [5, 5.41) is 0.680. The highest BCUT2D eigenvalue weighted by atomic mass is 35.5. The van der Waals surface area contributed by atoms with E-state index in [2.05, 4.69) is 11.9 Å². The lowest BCUT2D eigenvalue weighted by molar-refractivity contribution is 0.0528. The van der Waals surface area contributed by atoms with Gasteiger partial charge in [-0.25, -0.2) is 0 Å². The topological polar surface area (TPSA) is 42.1 Å². The summed E-state index contributed by atoms with van der Waals surface area (Å²) in [6.45, 7) is 2.55. The van der Waals surface area contributed by atoms with Gasteiger partial charge in [-0.3, -0.25) is 4.79 Å². The Morgan fingerprint density at radius 3 is 2.89 bits per heavy atom. The van der Waals surface area contributed by atoms with Gasteiger partial charge in [0.15, 0.2) is 0 Å². The number of hydrogen-bond donors (Lipinski definition) is 1. The van der Waals surface area contributed by atoms with Crippen LogP contribution in [0.4, 0.5) is 0 Å². The van der Waals surface area contributed by atoms with Crippen molar-refractivity contribution in [2.45, 2.75) is 26.1 Å². The molecule has 1 aliphatic heterocycles. The first kappa shape index (κ1) is 12.5. The molecule has 0 unspecified atom stereocenters. The van der Waals surface area contributed by atoms with E-state index in [1.165, 1.54) is 0 Å². The average molecular weight is 276 g/mol. The maximum absolute atomic E-state index is 11.6. The third kappa shape index (κ3) is 2.44. The van der Waals surface area contributed by atoms with Gasteiger partial charge in [-0.1, -0.05) is 17.7 Å². The second kappa shape index (κ2) is 4.83. The summed E-state index contributed by atoms with van der Waals surface area (Å²) in [6, 6.07) is 7.42. The third-order valence-electron chi connectivity index (χ3n) is 3.40. The molecule has 0 amide bonds. The van der Waals surface area contributed by atoms with Gasteiger partial charge in [0.2, 0.25) is 5.56 Å². The zero-order valence-electron chi connectivity index (χ0n) is 10.6. The summed E-state index contributed by atoms with van der Waals surface area (Å²) in [5.74, 6) is 0. The first-order chi connectivity index (χ1) is 9.13. The fourth-order valence-corrected chi connectivity index (χ4v) is 2.62. The SMILES string of the molecule is C[C@@H]1Cc2ccc(Cl)cc2-c2cc(=O)[nH]cc2CO1. The van der Waals surface area contributed by atoms with Crippen molar-refractivity contribution in [1.29, 1.82) is 0 Å². The van der Waals surface area contributed by atoms with E-state index in [1.807, 2.05) is 18.2 Å². The Morgan fingerprint density at radius 2 is 2.05 bits per heavy atom. The number of rotatable bonds is 0. The molecule has 0 fully saturated rings. The predicted octanol–water partition coefficient (Wildman–Crippen LogP) is 3.16. The Morgan fingerprint density at radius 1 is 1.26 bits per heavy atom. The molecule has 0 aliphatic carbocycles. The van der Waals surface area contributed by atoms with Crippen LogP contribution < -0.4 is 5.56 Å². The molecule has 0 spiro atoms. The first-order valence-corrected chi connectivity index (χ1v) is 6.63. The lowest BCUT2D eigenvalue weighted by Crippen LogP contribution is -2.17. The van der Waals surface area contributed by atoms with Gasteiger partial charge < -0.3 is 9.72 Å². The number of hydrogen-bond acceptors (Lipinski definition) is 2. The number of aromatic nitrogens is 1. The highest BCUT2D eigenvalue weighted by Gasteiger charge is 2.17. The Bertz CT molecular complexity index is 678. The fourth-order valence-electron chi connectivity index (χ4n) is 2.45. The van der Waals surface area contributed by atoms with Gasteiger partial charge in [0.05, 0.1) is 12.7 Å². The largest absolute Gasteiger partial charge is 0.373 e. The monoisotopic (exact) mass is 275 g/mol. The number of nitrogens with one attached hydrogen (secondary N) is 1. The van der Waals surface area contributed by atoms with Gasteiger partial charge in [0.1, 0.15) is 0 Å². The molecule has 2 heterocycles. The number of pyridine rings is 1. The van der Waals surface area contributed by atoms with Crippen LogP contribution in [0.25, 0.3) is 11.1 Å². The van der Waals surface area contributed by atoms with E-state index < -0.39 is 0 Å². The molecule has 3 rings (SSSR count). The number of fused-ring (bicyclic) bond motifs is 3. The Kier molecular flexibility index (Phi) is 3.17. The van der Waals surface area contributed by atoms with Crippen molar-refractivity contribution in [3.05, 3.63) is 57.0 Å². The van der Waals surface area contributed by atoms with Crippen molar-refractivity contribution in [2.24, 2.45) is 0 Å². The molecule has 1 N–H and O–H groups in total. The molecule has 1 aromatic heterocycles. The summed E-state index contributed by atoms with van der Waals surface area (Å²) in [5.41, 5.74) is 3.97. The summed E-state index contributed by atoms with van der Waals surface area (Å²) in [4.78, 5) is 14.3. The molecule has 98 valence electrons. The van der Waals surface area contributed by atoms with Crippen molar-refractivity contribution in [3.8, 4) is 11.1 Å². The molecular formula is C15H14ClNO2. The molecule has 2 aromatic rings. The lowest BCUT2D eigenvalue weighted by Gasteiger charge is -2.22. The molecule has 1 atom stereocenters. The molecule has 3 nitrogen and oxygen atoms in total. The van der Waals surface area contributed by atoms with Gasteiger partial charge >= 0.3 is 0 Å². The summed E-state index contributed by atoms with van der Waals surface area (Å²) >= 11 is 6.10. The van der Waals surface area contributed by atoms with Crippen molar-refractivity contribution in [1.82, 2.24) is 4.98 Å². The standard InChI is InChI=1S/C15H14ClNO2/c1-9-4-10-2-3-12(16)5-13(10)14-6-15(18)17-7-11(14)8-19-9/h2-3,5-7,9H,4,8H2,1H3,(H,17,18)/t9-/m1/s1. The van der Waals surface area contributed by atoms with Crippen LogP contribution in [0.5, 0.6) is 0 Å². The van der Waals surface area contributed by atoms with E-state index >= 15 is 0 Å². The van der Waals surface area contributed by atoms with Crippen LogP contribution in [0.2, 0.25) is 5.02 Å². The highest BCUT2D eigenvalue weighted by molar-refractivity contribution is 6.30. The zero-order chi connectivity index (χ0) is 13.4. The van der Waals surface area contributed by atoms with Gasteiger partial charge in [0.25, 0.3) is 0 Å². The van der Waals surface area contributed by atoms with Gasteiger partial charge in [-0.15, -0.1) is 0 Å². The van der Waals surface area contributed by atoms with Crippen molar-refractivity contribution >= 4 is 11.6 Å². The zero-order valence-corrected chi connectivity index (χ0v) is 11.3. The lowest BCUT2D eigenvalue weighted by atomic mass is 9.93. The van der Waals surface area contributed by atoms with Crippen LogP contribution in [-0.4, -0.2) is 11.1 Å². The minimum absolute atomic E-state index is 0.113. The normalized spacial score (nSPS) is 18.1. The second-order valence-corrected chi connectivity index (χ2v) is 5.30. The van der Waals surface area contributed by atoms with Gasteiger partial charge in [-0.05, 0) is 42.2 Å². The summed E-state index contributed by atoms with van der Waals surface area (Å²) in [6.07, 6.45) is 2.68. The molecule has 19 heavy (non-hydrogen) atoms. The molecule has 4 heteroatoms. The minimum Gasteiger partial charge on any atom is -0.373 e. The van der Waals surface area contributed by atoms with Crippen molar-refractivity contribution < 1.29 is 4.74 Å². The van der Waals surface area contributed by atoms with E-state index in [1.54, 1.807) is 12.3 Å². The Labute approximate surface area is 116 Å². The van der Waals surface area contributed by atoms with Crippen LogP contribution in [0.1, 0.15) is 18.1 Å². The van der Waals surface area contributed by atoms with E-state index in [0.717, 1.165) is 28.7 Å². The van der Waals surface area contributed by atoms with Crippen LogP contribution >= 0.6 is 11.6 Å². The Balaban J connectivity index is 2.27. The summed E-state index contributed by atoms with van der Waals surface area (Å²) < 4.78 is 5.78. The molecular weight excluding hydrogens is 262 g/mol. The highest BCUT2D eigenvalue weighted by Crippen LogP contribution is 2.32. The van der Waals surface area contributed by atoms with Gasteiger partial charge in [0, 0.05) is 22.8 Å². The predicted molar refractivity (Wildman–Crippen MR) is 75.5 cm³/mol. The molecule has 1 aliphatic rings. The fraction of sp³-hybridized carbons (Fsp3) is 0.267. The maximum Gasteiger partial charge on any atom is 0.248 e. The molecule has 1 aromatic carbocycles. The van der Waals surface area contributed by atoms with Crippen LogP contribution in [0, 0.1) is 0 Å². The molecule has 0 saturated heterocycles. The number of ether oxygens (including phenoxy) is 1. The number of aromatic amines is 1. The van der Waals surface area contributed by atoms with Gasteiger partial charge in [-0.2, -0.15) is 0 Å². The number of H-pyrrole nitrogens is 1. The molecule has 0 radical (unpaired) electrons. The van der Waals surface area contributed by atoms with E-state index in [0.29, 0.717) is 11.6 Å². The number of benzene rings is 1. The smallest absolute Gasteiger partial charge is 0.248 e. The van der Waals surface area contributed by atoms with Crippen LogP contribution in [0.15, 0.2) is 35.3 Å². The van der Waals surface area contributed by atoms with Crippen LogP contribution in [-0.2, 0) is 17.8 Å². The van der Waals surface area contributed by atoms with Crippen molar-refractivity contribution in [2.75, 3.05) is 0 Å². The Hall–Kier alpha value is -1.58.